The molecule has 7 N–H and O–H groups in total. The van der Waals surface area contributed by atoms with Gasteiger partial charge in [0.2, 0.25) is 0 Å². The molecule has 108 heavy (non-hydrogen) atoms. The minimum Gasteiger partial charge on any atom is -0.478 e. The maximum atomic E-state index is 13.4. The molecule has 11 rings (SSSR count). The summed E-state index contributed by atoms with van der Waals surface area (Å²) in [4.78, 5) is 85.6. The number of hydrogen-bond donors (Lipinski definition) is 7. The summed E-state index contributed by atoms with van der Waals surface area (Å²) in [5.41, 5.74) is -4.36. The Hall–Kier alpha value is -4.67. The molecule has 610 valence electrons. The Bertz CT molecular complexity index is 3300. The van der Waals surface area contributed by atoms with Crippen molar-refractivity contribution in [3.05, 3.63) is 62.5 Å². The van der Waals surface area contributed by atoms with Crippen LogP contribution in [0.2, 0.25) is 0 Å². The van der Waals surface area contributed by atoms with Crippen LogP contribution in [-0.4, -0.2) is 230 Å². The third kappa shape index (κ3) is 15.9. The molecule has 0 aromatic rings. The van der Waals surface area contributed by atoms with Gasteiger partial charge in [-0.15, -0.1) is 43.3 Å². The van der Waals surface area contributed by atoms with Crippen molar-refractivity contribution in [2.45, 2.75) is 242 Å². The standard InChI is InChI=1S/C31H49NO8S.C27H45NO4S.C21H32O5.C4H4O4/c1-8-29(6)27(38)20(5)31-14-13-19(4)30(7,28(29)40-24(36)18-41-16-15-32(9-2)10-3)26(31)25(37)21(17-31)39-23(35)12-11-22(33)34;1-8-25(6)23(30)18(5)27-12-11-17(4)26(7,22(27)21-19(15-27)31-21)24(25)32-20(29)16-33-14-13-28(9-2)10-3;1-6-19(4)17(24)12(3)21-8-7-11(2)20(5,18(19)26-14(23)10-22)16(21)15-13(9-21)25-15;5-3-8-2-1-4(6)7/h8,11-12,19-21,25-28,37-38H,1,9-10,13-18H2,2-7H3,(H,33,34);8,17-19,21-24,30H,1,9-16H2,2-7H3;6,11-13,15-18,22,24H,1,7-10H2,2-5H3;1-3H,(H,6,7)/b12-11+;;;2-1+/t19?,20-,21?,25?,26-,27-,28+,29-,30+,31-;17?,18-,19?,21?,22-,23-,24+,25-,26+,27-;11?,12-,13?,15?,16-,17-,18+,19-,20+,21-;/m000./s1. The van der Waals surface area contributed by atoms with Gasteiger partial charge in [0.25, 0.3) is 6.47 Å². The van der Waals surface area contributed by atoms with Crippen molar-refractivity contribution in [3.8, 4) is 0 Å². The van der Waals surface area contributed by atoms with E-state index >= 15 is 0 Å². The van der Waals surface area contributed by atoms with Crippen molar-refractivity contribution in [2.75, 3.05) is 68.9 Å². The average molecular weight is 1560 g/mol. The van der Waals surface area contributed by atoms with Crippen LogP contribution in [0.25, 0.3) is 0 Å². The summed E-state index contributed by atoms with van der Waals surface area (Å²) in [6, 6.07) is 0. The van der Waals surface area contributed by atoms with E-state index in [1.54, 1.807) is 23.9 Å². The number of epoxide rings is 2. The number of aliphatic hydroxyl groups is 5. The molecule has 2 heterocycles. The summed E-state index contributed by atoms with van der Waals surface area (Å²) < 4.78 is 40.3. The van der Waals surface area contributed by atoms with Gasteiger partial charge in [-0.1, -0.05) is 129 Å². The first-order valence-electron chi connectivity index (χ1n) is 39.6. The Morgan fingerprint density at radius 2 is 0.861 bits per heavy atom. The highest BCUT2D eigenvalue weighted by Gasteiger charge is 2.80. The number of fused-ring (bicyclic) bond motifs is 2. The van der Waals surface area contributed by atoms with Gasteiger partial charge in [0.05, 0.1) is 66.4 Å². The highest BCUT2D eigenvalue weighted by molar-refractivity contribution is 8.00. The van der Waals surface area contributed by atoms with Crippen molar-refractivity contribution < 1.29 is 102 Å². The first kappa shape index (κ1) is 88.9. The second-order valence-electron chi connectivity index (χ2n) is 34.8. The fourth-order valence-corrected chi connectivity index (χ4v) is 25.3. The molecular weight excluding hydrogens is 1430 g/mol. The molecular formula is C83H130N2O21S2. The summed E-state index contributed by atoms with van der Waals surface area (Å²) in [5.74, 6) is -1.55. The number of carboxylic acids is 2. The van der Waals surface area contributed by atoms with Crippen LogP contribution >= 0.6 is 23.5 Å². The topological polar surface area (TPSA) is 339 Å². The second kappa shape index (κ2) is 35.0. The minimum atomic E-state index is -1.27. The largest absolute Gasteiger partial charge is 0.478 e. The van der Waals surface area contributed by atoms with Gasteiger partial charge in [0.15, 0.2) is 0 Å². The van der Waals surface area contributed by atoms with Crippen LogP contribution in [0.5, 0.6) is 0 Å². The van der Waals surface area contributed by atoms with E-state index in [4.69, 9.17) is 38.6 Å². The number of rotatable bonds is 27. The predicted octanol–water partition coefficient (Wildman–Crippen LogP) is 9.98. The van der Waals surface area contributed by atoms with E-state index in [2.05, 4.69) is 117 Å². The highest BCUT2D eigenvalue weighted by atomic mass is 32.2. The maximum absolute atomic E-state index is 13.4. The third-order valence-corrected chi connectivity index (χ3v) is 32.3. The SMILES string of the molecule is C=C[C@]1(C)[C@@H](OC(=O)CO)[C@]2(C)C(C)CC[C@]3(CC4OC4[C@H]32)[C@@H](C)[C@@H]1O.C=C[C@]1(C)[C@@H](OC(=O)CSCCN(CC)CC)[C@]2(C)C(C)CC[C@]3(CC(OC(=O)/C=C/C(=O)O)C(O)[C@H]32)[C@@H](C)[C@@H]1O.C=C[C@]1(C)[C@@H](OC(=O)CSCCN(CC)CC)[C@]2(C)C(C)CC[C@]3(CC4OC4[C@H]32)[C@@H](C)[C@@H]1O.O=CO/C=C/C(=O)O. The van der Waals surface area contributed by atoms with E-state index in [9.17, 15) is 59.1 Å². The number of carbonyl (C=O) groups excluding carboxylic acids is 5. The zero-order chi connectivity index (χ0) is 80.4. The van der Waals surface area contributed by atoms with E-state index in [0.717, 1.165) is 108 Å². The highest BCUT2D eigenvalue weighted by Crippen LogP contribution is 2.77. The number of carbonyl (C=O) groups is 7. The number of hydrogen-bond acceptors (Lipinski definition) is 23. The minimum absolute atomic E-state index is 0.0128. The average Bonchev–Trinajstić information content (AvgIpc) is 1.50. The van der Waals surface area contributed by atoms with Gasteiger partial charge in [-0.2, -0.15) is 0 Å². The molecule has 11 aliphatic rings. The first-order valence-corrected chi connectivity index (χ1v) is 41.9. The molecule has 0 radical (unpaired) electrons. The molecule has 2 aliphatic heterocycles. The van der Waals surface area contributed by atoms with Gasteiger partial charge in [-0.05, 0) is 136 Å². The van der Waals surface area contributed by atoms with Gasteiger partial charge >= 0.3 is 35.8 Å². The van der Waals surface area contributed by atoms with Crippen LogP contribution < -0.4 is 0 Å². The number of thioether (sulfide) groups is 2. The molecule has 0 amide bonds. The second-order valence-corrected chi connectivity index (χ2v) is 37.0. The van der Waals surface area contributed by atoms with Crippen LogP contribution in [0.1, 0.15) is 169 Å². The number of ether oxygens (including phenoxy) is 7. The summed E-state index contributed by atoms with van der Waals surface area (Å²) in [7, 11) is 0. The molecule has 9 saturated carbocycles. The zero-order valence-corrected chi connectivity index (χ0v) is 68.7. The number of carboxylic acid groups (broad SMARTS) is 2. The lowest BCUT2D eigenvalue weighted by Gasteiger charge is -2.57. The number of esters is 4. The van der Waals surface area contributed by atoms with Crippen LogP contribution in [0.4, 0.5) is 0 Å². The molecule has 23 nitrogen and oxygen atoms in total. The Morgan fingerprint density at radius 1 is 0.509 bits per heavy atom. The van der Waals surface area contributed by atoms with E-state index < -0.39 is 112 Å². The molecule has 0 aromatic carbocycles. The molecule has 0 spiro atoms. The third-order valence-electron chi connectivity index (χ3n) is 30.5. The normalized spacial score (nSPS) is 44.5. The van der Waals surface area contributed by atoms with Crippen molar-refractivity contribution in [2.24, 2.45) is 102 Å². The zero-order valence-electron chi connectivity index (χ0n) is 67.1. The summed E-state index contributed by atoms with van der Waals surface area (Å²) >= 11 is 3.16. The van der Waals surface area contributed by atoms with Crippen LogP contribution in [0.15, 0.2) is 62.5 Å². The Morgan fingerprint density at radius 3 is 1.19 bits per heavy atom. The van der Waals surface area contributed by atoms with Gasteiger partial charge < -0.3 is 78.7 Å². The summed E-state index contributed by atoms with van der Waals surface area (Å²) in [6.45, 7) is 51.5. The van der Waals surface area contributed by atoms with E-state index in [-0.39, 0.29) is 93.7 Å². The summed E-state index contributed by atoms with van der Waals surface area (Å²) in [6.07, 6.45) is 11.7. The Kier molecular flexibility index (Phi) is 28.8. The van der Waals surface area contributed by atoms with E-state index in [0.29, 0.717) is 54.6 Å². The lowest BCUT2D eigenvalue weighted by atomic mass is 9.48. The van der Waals surface area contributed by atoms with Gasteiger partial charge in [0, 0.05) is 87.0 Å². The molecule has 11 fully saturated rings. The Labute approximate surface area is 649 Å². The molecule has 25 heteroatoms. The van der Waals surface area contributed by atoms with Crippen LogP contribution in [0, 0.1) is 102 Å². The van der Waals surface area contributed by atoms with Gasteiger partial charge in [0.1, 0.15) is 37.3 Å². The van der Waals surface area contributed by atoms with Gasteiger partial charge in [-0.3, -0.25) is 14.4 Å². The number of aliphatic hydroxyl groups excluding tert-OH is 5. The Balaban J connectivity index is 0.000000197. The van der Waals surface area contributed by atoms with Crippen LogP contribution in [0.3, 0.4) is 0 Å². The molecule has 9 unspecified atom stereocenters. The maximum Gasteiger partial charge on any atom is 0.332 e. The van der Waals surface area contributed by atoms with Gasteiger partial charge in [-0.25, -0.2) is 19.2 Å². The fraction of sp³-hybridized carbons (Fsp3) is 0.795. The molecule has 2 saturated heterocycles. The van der Waals surface area contributed by atoms with Crippen LogP contribution in [-0.2, 0) is 66.7 Å². The lowest BCUT2D eigenvalue weighted by Crippen LogP contribution is -2.59. The monoisotopic (exact) mass is 1550 g/mol. The van der Waals surface area contributed by atoms with E-state index in [1.807, 2.05) is 33.8 Å². The van der Waals surface area contributed by atoms with Crippen molar-refractivity contribution in [3.63, 3.8) is 0 Å². The molecule has 30 atom stereocenters. The number of aliphatic carboxylic acids is 2. The predicted molar refractivity (Wildman–Crippen MR) is 412 cm³/mol. The summed E-state index contributed by atoms with van der Waals surface area (Å²) in [5, 5.41) is 73.1. The molecule has 9 aliphatic carbocycles. The fourth-order valence-electron chi connectivity index (χ4n) is 23.8. The molecule has 0 aromatic heterocycles. The van der Waals surface area contributed by atoms with Crippen molar-refractivity contribution in [1.82, 2.24) is 9.80 Å². The number of nitrogens with zero attached hydrogens (tertiary/aromatic N) is 2. The molecule has 6 bridgehead atoms. The first-order chi connectivity index (χ1) is 50.7. The smallest absolute Gasteiger partial charge is 0.332 e. The quantitative estimate of drug-likeness (QED) is 0.00587. The van der Waals surface area contributed by atoms with E-state index in [1.165, 1.54) is 11.8 Å². The van der Waals surface area contributed by atoms with Crippen molar-refractivity contribution >= 4 is 65.8 Å². The lowest BCUT2D eigenvalue weighted by molar-refractivity contribution is -0.194. The van der Waals surface area contributed by atoms with Crippen molar-refractivity contribution in [1.29, 1.82) is 0 Å².